The van der Waals surface area contributed by atoms with Gasteiger partial charge in [-0.2, -0.15) is 0 Å². The van der Waals surface area contributed by atoms with Crippen LogP contribution in [0, 0.1) is 0 Å². The van der Waals surface area contributed by atoms with E-state index >= 15 is 0 Å². The number of aromatic nitrogens is 2. The Morgan fingerprint density at radius 3 is 2.71 bits per heavy atom. The molecule has 3 nitrogen and oxygen atoms in total. The van der Waals surface area contributed by atoms with Gasteiger partial charge >= 0.3 is 0 Å². The highest BCUT2D eigenvalue weighted by atomic mass is 35.5. The maximum Gasteiger partial charge on any atom is 0.268 e. The zero-order valence-electron chi connectivity index (χ0n) is 8.16. The second-order valence-corrected chi connectivity index (χ2v) is 6.63. The van der Waals surface area contributed by atoms with Crippen molar-refractivity contribution in [2.24, 2.45) is 0 Å². The van der Waals surface area contributed by atoms with Gasteiger partial charge in [-0.05, 0) is 12.1 Å². The molecular formula is C10H4Cl2N2OS2. The summed E-state index contributed by atoms with van der Waals surface area (Å²) in [6.45, 7) is 0. The van der Waals surface area contributed by atoms with Crippen molar-refractivity contribution < 1.29 is 0 Å². The van der Waals surface area contributed by atoms with Crippen molar-refractivity contribution in [3.05, 3.63) is 37.5 Å². The number of thiophene rings is 2. The molecule has 0 aliphatic heterocycles. The van der Waals surface area contributed by atoms with Crippen LogP contribution in [-0.2, 0) is 0 Å². The van der Waals surface area contributed by atoms with E-state index in [-0.39, 0.29) is 5.56 Å². The molecule has 0 amide bonds. The molecule has 0 aliphatic rings. The Morgan fingerprint density at radius 2 is 2.06 bits per heavy atom. The lowest BCUT2D eigenvalue weighted by molar-refractivity contribution is 1.18. The first-order chi connectivity index (χ1) is 8.15. The van der Waals surface area contributed by atoms with E-state index in [1.54, 1.807) is 6.07 Å². The molecule has 0 fully saturated rings. The van der Waals surface area contributed by atoms with Gasteiger partial charge in [0.15, 0.2) is 0 Å². The summed E-state index contributed by atoms with van der Waals surface area (Å²) in [4.78, 5) is 19.1. The van der Waals surface area contributed by atoms with Gasteiger partial charge in [0.1, 0.15) is 9.04 Å². The summed E-state index contributed by atoms with van der Waals surface area (Å²) in [6, 6.07) is 3.65. The van der Waals surface area contributed by atoms with E-state index in [9.17, 15) is 4.79 Å². The van der Waals surface area contributed by atoms with E-state index < -0.39 is 0 Å². The predicted octanol–water partition coefficient (Wildman–Crippen LogP) is 4.02. The fourth-order valence-electron chi connectivity index (χ4n) is 1.51. The van der Waals surface area contributed by atoms with Crippen LogP contribution in [0.15, 0.2) is 23.3 Å². The minimum absolute atomic E-state index is 0.135. The number of halogens is 2. The number of nitrogens with zero attached hydrogens (tertiary/aromatic N) is 1. The number of rotatable bonds is 1. The van der Waals surface area contributed by atoms with Crippen LogP contribution in [0.3, 0.4) is 0 Å². The van der Waals surface area contributed by atoms with Crippen LogP contribution in [0.5, 0.6) is 0 Å². The summed E-state index contributed by atoms with van der Waals surface area (Å²) < 4.78 is 1.85. The zero-order valence-corrected chi connectivity index (χ0v) is 11.3. The van der Waals surface area contributed by atoms with E-state index in [2.05, 4.69) is 9.97 Å². The molecule has 7 heteroatoms. The normalized spacial score (nSPS) is 11.2. The van der Waals surface area contributed by atoms with Crippen molar-refractivity contribution >= 4 is 56.1 Å². The summed E-state index contributed by atoms with van der Waals surface area (Å²) in [7, 11) is 0. The Labute approximate surface area is 114 Å². The number of fused-ring (bicyclic) bond motifs is 1. The highest BCUT2D eigenvalue weighted by Gasteiger charge is 2.13. The van der Waals surface area contributed by atoms with Crippen LogP contribution in [0.1, 0.15) is 0 Å². The molecule has 3 heterocycles. The van der Waals surface area contributed by atoms with Crippen molar-refractivity contribution in [2.75, 3.05) is 0 Å². The van der Waals surface area contributed by atoms with Gasteiger partial charge in [-0.3, -0.25) is 4.79 Å². The van der Waals surface area contributed by atoms with Crippen LogP contribution in [0.25, 0.3) is 20.7 Å². The van der Waals surface area contributed by atoms with Gasteiger partial charge in [0.25, 0.3) is 5.56 Å². The average molecular weight is 303 g/mol. The first-order valence-electron chi connectivity index (χ1n) is 4.57. The van der Waals surface area contributed by atoms with Gasteiger partial charge < -0.3 is 4.98 Å². The predicted molar refractivity (Wildman–Crippen MR) is 73.6 cm³/mol. The van der Waals surface area contributed by atoms with Gasteiger partial charge in [-0.15, -0.1) is 22.7 Å². The fourth-order valence-corrected chi connectivity index (χ4v) is 4.15. The largest absolute Gasteiger partial charge is 0.312 e. The molecule has 0 spiro atoms. The third kappa shape index (κ3) is 1.89. The van der Waals surface area contributed by atoms with Crippen molar-refractivity contribution in [2.45, 2.75) is 0 Å². The summed E-state index contributed by atoms with van der Waals surface area (Å²) in [6.07, 6.45) is 1.39. The summed E-state index contributed by atoms with van der Waals surface area (Å²) in [5.41, 5.74) is 1.39. The van der Waals surface area contributed by atoms with E-state index in [1.807, 2.05) is 6.07 Å². The molecule has 0 bridgehead atoms. The number of hydrogen-bond acceptors (Lipinski definition) is 4. The molecule has 3 aromatic heterocycles. The van der Waals surface area contributed by atoms with Crippen molar-refractivity contribution in [3.8, 4) is 10.4 Å². The number of H-pyrrole nitrogens is 1. The Morgan fingerprint density at radius 1 is 1.24 bits per heavy atom. The van der Waals surface area contributed by atoms with Crippen molar-refractivity contribution in [3.63, 3.8) is 0 Å². The SMILES string of the molecule is O=c1[nH]cnc2cc(-c3cc(Cl)sc3Cl)sc12. The Hall–Kier alpha value is -0.880. The number of hydrogen-bond donors (Lipinski definition) is 1. The number of aromatic amines is 1. The van der Waals surface area contributed by atoms with Gasteiger partial charge in [0.2, 0.25) is 0 Å². The van der Waals surface area contributed by atoms with E-state index in [0.717, 1.165) is 10.4 Å². The quantitative estimate of drug-likeness (QED) is 0.738. The molecule has 3 rings (SSSR count). The van der Waals surface area contributed by atoms with E-state index in [0.29, 0.717) is 18.9 Å². The average Bonchev–Trinajstić information content (AvgIpc) is 2.82. The third-order valence-electron chi connectivity index (χ3n) is 2.24. The lowest BCUT2D eigenvalue weighted by Crippen LogP contribution is -2.02. The zero-order chi connectivity index (χ0) is 12.0. The van der Waals surface area contributed by atoms with Crippen LogP contribution < -0.4 is 5.56 Å². The lowest BCUT2D eigenvalue weighted by Gasteiger charge is -1.89. The first kappa shape index (κ1) is 11.2. The summed E-state index contributed by atoms with van der Waals surface area (Å²) in [5, 5.41) is 0. The minimum atomic E-state index is -0.135. The third-order valence-corrected chi connectivity index (χ3v) is 4.88. The van der Waals surface area contributed by atoms with Gasteiger partial charge in [-0.1, -0.05) is 23.2 Å². The molecule has 0 radical (unpaired) electrons. The molecule has 3 aromatic rings. The van der Waals surface area contributed by atoms with Crippen LogP contribution in [0.4, 0.5) is 0 Å². The molecule has 0 aliphatic carbocycles. The van der Waals surface area contributed by atoms with Crippen LogP contribution >= 0.6 is 45.9 Å². The second kappa shape index (κ2) is 4.10. The van der Waals surface area contributed by atoms with Gasteiger partial charge in [0, 0.05) is 10.4 Å². The second-order valence-electron chi connectivity index (χ2n) is 3.29. The molecule has 0 atom stereocenters. The molecule has 0 aromatic carbocycles. The van der Waals surface area contributed by atoms with E-state index in [1.165, 1.54) is 29.0 Å². The monoisotopic (exact) mass is 302 g/mol. The van der Waals surface area contributed by atoms with Gasteiger partial charge in [0.05, 0.1) is 16.2 Å². The highest BCUT2D eigenvalue weighted by molar-refractivity contribution is 7.24. The van der Waals surface area contributed by atoms with Crippen molar-refractivity contribution in [1.29, 1.82) is 0 Å². The van der Waals surface area contributed by atoms with Crippen LogP contribution in [0.2, 0.25) is 8.67 Å². The van der Waals surface area contributed by atoms with Crippen molar-refractivity contribution in [1.82, 2.24) is 9.97 Å². The minimum Gasteiger partial charge on any atom is -0.312 e. The van der Waals surface area contributed by atoms with E-state index in [4.69, 9.17) is 23.2 Å². The molecule has 0 saturated heterocycles. The first-order valence-corrected chi connectivity index (χ1v) is 6.96. The maximum absolute atomic E-state index is 11.6. The molecule has 0 unspecified atom stereocenters. The summed E-state index contributed by atoms with van der Waals surface area (Å²) >= 11 is 14.7. The Kier molecular flexibility index (Phi) is 2.71. The standard InChI is InChI=1S/C10H4Cl2N2OS2/c11-7-1-4(9(12)17-7)6-2-5-8(16-6)10(15)14-3-13-5/h1-3H,(H,13,14,15). The smallest absolute Gasteiger partial charge is 0.268 e. The molecule has 0 saturated carbocycles. The number of nitrogens with one attached hydrogen (secondary N) is 1. The Balaban J connectivity index is 2.29. The molecule has 1 N–H and O–H groups in total. The topological polar surface area (TPSA) is 45.8 Å². The van der Waals surface area contributed by atoms with Gasteiger partial charge in [-0.25, -0.2) is 4.98 Å². The maximum atomic E-state index is 11.6. The van der Waals surface area contributed by atoms with Crippen LogP contribution in [-0.4, -0.2) is 9.97 Å². The summed E-state index contributed by atoms with van der Waals surface area (Å²) in [5.74, 6) is 0. The molecule has 86 valence electrons. The highest BCUT2D eigenvalue weighted by Crippen LogP contribution is 2.41. The fraction of sp³-hybridized carbons (Fsp3) is 0. The molecule has 17 heavy (non-hydrogen) atoms. The Bertz CT molecular complexity index is 759. The molecular weight excluding hydrogens is 299 g/mol. The lowest BCUT2D eigenvalue weighted by atomic mass is 10.3.